The highest BCUT2D eigenvalue weighted by atomic mass is 127. The number of halogens is 4. The summed E-state index contributed by atoms with van der Waals surface area (Å²) >= 11 is 0. The van der Waals surface area contributed by atoms with Crippen LogP contribution in [0.2, 0.25) is 0 Å². The van der Waals surface area contributed by atoms with Gasteiger partial charge < -0.3 is 33.2 Å². The first-order chi connectivity index (χ1) is 5.67. The van der Waals surface area contributed by atoms with E-state index in [1.54, 1.807) is 21.1 Å². The molecule has 2 nitrogen and oxygen atoms in total. The monoisotopic (exact) mass is 325 g/mol. The Morgan fingerprint density at radius 2 is 1.71 bits per heavy atom. The van der Waals surface area contributed by atoms with E-state index in [9.17, 15) is 13.2 Å². The third kappa shape index (κ3) is 7.43. The van der Waals surface area contributed by atoms with Crippen molar-refractivity contribution in [2.24, 2.45) is 0 Å². The zero-order valence-corrected chi connectivity index (χ0v) is 10.8. The molecule has 14 heavy (non-hydrogen) atoms. The Morgan fingerprint density at radius 1 is 1.29 bits per heavy atom. The van der Waals surface area contributed by atoms with Gasteiger partial charge in [0.15, 0.2) is 0 Å². The van der Waals surface area contributed by atoms with Crippen LogP contribution in [0.25, 0.3) is 0 Å². The van der Waals surface area contributed by atoms with E-state index >= 15 is 0 Å². The summed E-state index contributed by atoms with van der Waals surface area (Å²) < 4.78 is 41.3. The lowest BCUT2D eigenvalue weighted by Crippen LogP contribution is -3.00. The Kier molecular flexibility index (Phi) is 6.81. The van der Waals surface area contributed by atoms with Crippen LogP contribution >= 0.6 is 0 Å². The van der Waals surface area contributed by atoms with Crippen LogP contribution in [0.15, 0.2) is 12.0 Å². The van der Waals surface area contributed by atoms with Crippen LogP contribution in [0.3, 0.4) is 0 Å². The molecule has 0 unspecified atom stereocenters. The van der Waals surface area contributed by atoms with Gasteiger partial charge in [-0.15, -0.1) is 0 Å². The number of hydrogen-bond donors (Lipinski definition) is 0. The molecule has 0 saturated heterocycles. The van der Waals surface area contributed by atoms with Crippen LogP contribution < -0.4 is 24.0 Å². The second-order valence-corrected chi connectivity index (χ2v) is 3.54. The summed E-state index contributed by atoms with van der Waals surface area (Å²) in [7, 11) is 4.89. The van der Waals surface area contributed by atoms with Crippen molar-refractivity contribution < 1.29 is 46.4 Å². The minimum atomic E-state index is -4.40. The summed E-state index contributed by atoms with van der Waals surface area (Å²) in [5.74, 6) is -0.928. The first-order valence-electron chi connectivity index (χ1n) is 3.91. The van der Waals surface area contributed by atoms with Gasteiger partial charge in [-0.05, 0) is 6.92 Å². The fourth-order valence-electron chi connectivity index (χ4n) is 0.700. The largest absolute Gasteiger partial charge is 1.00 e. The molecular formula is C8H15F3INO. The number of nitrogens with zero attached hydrogens (tertiary/aromatic N) is 1. The maximum Gasteiger partial charge on any atom is 0.454 e. The van der Waals surface area contributed by atoms with Gasteiger partial charge in [0.1, 0.15) is 6.20 Å². The van der Waals surface area contributed by atoms with Crippen LogP contribution in [0.4, 0.5) is 13.2 Å². The Morgan fingerprint density at radius 3 is 1.93 bits per heavy atom. The number of alkyl halides is 3. The number of allylic oxidation sites excluding steroid dienone is 1. The number of ether oxygens (including phenoxy) is 1. The quantitative estimate of drug-likeness (QED) is 0.373. The molecule has 0 saturated carbocycles. The normalized spacial score (nSPS) is 13.5. The molecule has 0 aromatic carbocycles. The van der Waals surface area contributed by atoms with Crippen molar-refractivity contribution in [3.63, 3.8) is 0 Å². The van der Waals surface area contributed by atoms with Crippen LogP contribution in [-0.2, 0) is 4.74 Å². The van der Waals surface area contributed by atoms with Gasteiger partial charge in [0.05, 0.1) is 27.7 Å². The molecule has 0 aliphatic heterocycles. The summed E-state index contributed by atoms with van der Waals surface area (Å²) in [6, 6.07) is 0. The van der Waals surface area contributed by atoms with Crippen molar-refractivity contribution in [3.05, 3.63) is 12.0 Å². The fourth-order valence-corrected chi connectivity index (χ4v) is 0.700. The number of quaternary nitrogens is 1. The molecule has 0 aromatic rings. The van der Waals surface area contributed by atoms with Gasteiger partial charge in [-0.25, -0.2) is 0 Å². The lowest BCUT2D eigenvalue weighted by Gasteiger charge is -2.20. The topological polar surface area (TPSA) is 9.23 Å². The second-order valence-electron chi connectivity index (χ2n) is 3.54. The Labute approximate surface area is 99.3 Å². The van der Waals surface area contributed by atoms with Crippen molar-refractivity contribution in [2.75, 3.05) is 27.7 Å². The molecule has 0 bridgehead atoms. The minimum absolute atomic E-state index is 0. The molecule has 86 valence electrons. The molecule has 0 radical (unpaired) electrons. The molecule has 0 N–H and O–H groups in total. The summed E-state index contributed by atoms with van der Waals surface area (Å²) in [6.07, 6.45) is -3.37. The van der Waals surface area contributed by atoms with Crippen LogP contribution in [0.5, 0.6) is 0 Å². The van der Waals surface area contributed by atoms with E-state index in [0.29, 0.717) is 0 Å². The molecular weight excluding hydrogens is 310 g/mol. The second kappa shape index (κ2) is 5.79. The van der Waals surface area contributed by atoms with Gasteiger partial charge in [0.2, 0.25) is 0 Å². The summed E-state index contributed by atoms with van der Waals surface area (Å²) in [5.41, 5.74) is 0. The van der Waals surface area contributed by atoms with Crippen LogP contribution in [0, 0.1) is 0 Å². The predicted octanol–water partition coefficient (Wildman–Crippen LogP) is -0.863. The standard InChI is InChI=1S/C8H15F3NO.HI/c1-5-13-7(8(9,10)11)6-12(2,3)4;/h6H,5H2,1-4H3;1H/q+1;/p-1. The molecule has 0 spiro atoms. The molecule has 0 fully saturated rings. The van der Waals surface area contributed by atoms with E-state index in [-0.39, 0.29) is 35.1 Å². The van der Waals surface area contributed by atoms with Crippen molar-refractivity contribution in [1.82, 2.24) is 0 Å². The van der Waals surface area contributed by atoms with E-state index in [1.807, 2.05) is 0 Å². The molecule has 0 aromatic heterocycles. The molecule has 0 amide bonds. The highest BCUT2D eigenvalue weighted by Crippen LogP contribution is 2.27. The zero-order valence-electron chi connectivity index (χ0n) is 8.65. The van der Waals surface area contributed by atoms with E-state index in [4.69, 9.17) is 0 Å². The Hall–Kier alpha value is 0.0200. The van der Waals surface area contributed by atoms with Gasteiger partial charge in [0, 0.05) is 0 Å². The number of rotatable bonds is 3. The van der Waals surface area contributed by atoms with Crippen LogP contribution in [-0.4, -0.2) is 38.4 Å². The third-order valence-corrected chi connectivity index (χ3v) is 1.08. The van der Waals surface area contributed by atoms with E-state index in [2.05, 4.69) is 4.74 Å². The summed E-state index contributed by atoms with van der Waals surface area (Å²) in [6.45, 7) is 1.54. The van der Waals surface area contributed by atoms with Crippen molar-refractivity contribution in [2.45, 2.75) is 13.1 Å². The number of hydrogen-bond acceptors (Lipinski definition) is 1. The van der Waals surface area contributed by atoms with Crippen molar-refractivity contribution in [1.29, 1.82) is 0 Å². The van der Waals surface area contributed by atoms with Crippen molar-refractivity contribution in [3.8, 4) is 0 Å². The zero-order chi connectivity index (χ0) is 10.7. The first kappa shape index (κ1) is 16.4. The average molecular weight is 325 g/mol. The smallest absolute Gasteiger partial charge is 0.454 e. The van der Waals surface area contributed by atoms with E-state index in [1.165, 1.54) is 6.92 Å². The summed E-state index contributed by atoms with van der Waals surface area (Å²) in [5, 5.41) is 0. The maximum absolute atomic E-state index is 12.2. The van der Waals surface area contributed by atoms with E-state index in [0.717, 1.165) is 6.20 Å². The van der Waals surface area contributed by atoms with E-state index < -0.39 is 11.9 Å². The van der Waals surface area contributed by atoms with Gasteiger partial charge in [-0.1, -0.05) is 0 Å². The predicted molar refractivity (Wildman–Crippen MR) is 43.8 cm³/mol. The molecule has 0 heterocycles. The highest BCUT2D eigenvalue weighted by Gasteiger charge is 2.38. The Balaban J connectivity index is 0. The molecule has 0 rings (SSSR count). The summed E-state index contributed by atoms with van der Waals surface area (Å²) in [4.78, 5) is 0. The maximum atomic E-state index is 12.2. The lowest BCUT2D eigenvalue weighted by molar-refractivity contribution is -0.818. The minimum Gasteiger partial charge on any atom is -1.00 e. The highest BCUT2D eigenvalue weighted by molar-refractivity contribution is 4.95. The van der Waals surface area contributed by atoms with Crippen molar-refractivity contribution >= 4 is 0 Å². The molecule has 0 aliphatic carbocycles. The van der Waals surface area contributed by atoms with Gasteiger partial charge in [-0.3, -0.25) is 0 Å². The molecule has 6 heteroatoms. The van der Waals surface area contributed by atoms with Gasteiger partial charge >= 0.3 is 6.18 Å². The Bertz CT molecular complexity index is 196. The van der Waals surface area contributed by atoms with Gasteiger partial charge in [-0.2, -0.15) is 13.2 Å². The van der Waals surface area contributed by atoms with Gasteiger partial charge in [0.25, 0.3) is 5.76 Å². The lowest BCUT2D eigenvalue weighted by atomic mass is 10.4. The van der Waals surface area contributed by atoms with Crippen LogP contribution in [0.1, 0.15) is 6.92 Å². The molecule has 0 atom stereocenters. The third-order valence-electron chi connectivity index (χ3n) is 1.08. The fraction of sp³-hybridized carbons (Fsp3) is 0.750. The SMILES string of the molecule is CCOC(=C[N+](C)(C)C)C(F)(F)F.[I-]. The molecule has 0 aliphatic rings. The first-order valence-corrected chi connectivity index (χ1v) is 3.91. The average Bonchev–Trinajstić information content (AvgIpc) is 1.81.